The molecule has 2 saturated carbocycles. The van der Waals surface area contributed by atoms with Crippen molar-refractivity contribution in [3.8, 4) is 0 Å². The van der Waals surface area contributed by atoms with Crippen LogP contribution >= 0.6 is 11.5 Å². The molecule has 4 nitrogen and oxygen atoms in total. The van der Waals surface area contributed by atoms with Crippen molar-refractivity contribution in [1.29, 1.82) is 0 Å². The maximum atomic E-state index is 5.61. The molecule has 94 valence electrons. The average molecular weight is 253 g/mol. The van der Waals surface area contributed by atoms with Gasteiger partial charge < -0.3 is 9.64 Å². The van der Waals surface area contributed by atoms with Crippen molar-refractivity contribution < 1.29 is 4.74 Å². The predicted molar refractivity (Wildman–Crippen MR) is 68.5 cm³/mol. The predicted octanol–water partition coefficient (Wildman–Crippen LogP) is 2.24. The largest absolute Gasteiger partial charge is 0.381 e. The van der Waals surface area contributed by atoms with Gasteiger partial charge in [0.15, 0.2) is 0 Å². The first-order valence-corrected chi connectivity index (χ1v) is 7.00. The van der Waals surface area contributed by atoms with Crippen LogP contribution in [0.3, 0.4) is 0 Å². The van der Waals surface area contributed by atoms with Crippen LogP contribution in [0.5, 0.6) is 0 Å². The van der Waals surface area contributed by atoms with Crippen molar-refractivity contribution in [3.63, 3.8) is 0 Å². The lowest BCUT2D eigenvalue weighted by atomic mass is 9.50. The number of hydrogen-bond acceptors (Lipinski definition) is 5. The molecule has 0 N–H and O–H groups in total. The summed E-state index contributed by atoms with van der Waals surface area (Å²) in [4.78, 5) is 6.80. The molecule has 1 aromatic rings. The molecule has 0 bridgehead atoms. The zero-order chi connectivity index (χ0) is 12.0. The summed E-state index contributed by atoms with van der Waals surface area (Å²) in [5.41, 5.74) is 0.406. The highest BCUT2D eigenvalue weighted by Crippen LogP contribution is 2.59. The normalized spacial score (nSPS) is 29.8. The van der Waals surface area contributed by atoms with Gasteiger partial charge in [-0.15, -0.1) is 0 Å². The maximum absolute atomic E-state index is 5.61. The lowest BCUT2D eigenvalue weighted by Gasteiger charge is -2.62. The van der Waals surface area contributed by atoms with Gasteiger partial charge in [-0.25, -0.2) is 4.98 Å². The van der Waals surface area contributed by atoms with Gasteiger partial charge in [0, 0.05) is 37.1 Å². The summed E-state index contributed by atoms with van der Waals surface area (Å²) in [5, 5.41) is 1.05. The van der Waals surface area contributed by atoms with Crippen molar-refractivity contribution in [3.05, 3.63) is 5.82 Å². The van der Waals surface area contributed by atoms with Crippen LogP contribution in [0.1, 0.15) is 31.5 Å². The minimum atomic E-state index is 0.406. The van der Waals surface area contributed by atoms with E-state index in [1.54, 1.807) is 0 Å². The highest BCUT2D eigenvalue weighted by Gasteiger charge is 2.60. The summed E-state index contributed by atoms with van der Waals surface area (Å²) >= 11 is 1.50. The minimum Gasteiger partial charge on any atom is -0.381 e. The highest BCUT2D eigenvalue weighted by molar-refractivity contribution is 7.09. The Bertz CT molecular complexity index is 416. The summed E-state index contributed by atoms with van der Waals surface area (Å²) < 4.78 is 9.87. The van der Waals surface area contributed by atoms with Gasteiger partial charge in [0.25, 0.3) is 0 Å². The van der Waals surface area contributed by atoms with Crippen LogP contribution in [0.2, 0.25) is 0 Å². The van der Waals surface area contributed by atoms with E-state index in [-0.39, 0.29) is 0 Å². The fourth-order valence-corrected chi connectivity index (χ4v) is 4.09. The van der Waals surface area contributed by atoms with E-state index in [0.29, 0.717) is 17.6 Å². The van der Waals surface area contributed by atoms with Gasteiger partial charge in [-0.05, 0) is 26.2 Å². The Morgan fingerprint density at radius 1 is 1.47 bits per heavy atom. The molecule has 17 heavy (non-hydrogen) atoms. The van der Waals surface area contributed by atoms with E-state index in [4.69, 9.17) is 4.74 Å². The Morgan fingerprint density at radius 3 is 2.71 bits per heavy atom. The van der Waals surface area contributed by atoms with Crippen molar-refractivity contribution in [1.82, 2.24) is 9.36 Å². The third-order valence-electron chi connectivity index (χ3n) is 4.60. The lowest BCUT2D eigenvalue weighted by Crippen LogP contribution is -2.67. The molecular formula is C12H19N3OS. The van der Waals surface area contributed by atoms with Crippen LogP contribution in [-0.2, 0) is 4.74 Å². The molecule has 2 aliphatic rings. The second-order valence-electron chi connectivity index (χ2n) is 5.30. The second kappa shape index (κ2) is 3.92. The maximum Gasteiger partial charge on any atom is 0.205 e. The van der Waals surface area contributed by atoms with Crippen molar-refractivity contribution in [2.24, 2.45) is 5.41 Å². The SMILES string of the molecule is CO[C@@H]1C[C@H](N(C)c2nc(C)ns2)C12CCC2. The number of aromatic nitrogens is 2. The first-order chi connectivity index (χ1) is 8.17. The number of ether oxygens (including phenoxy) is 1. The molecule has 2 atom stereocenters. The molecule has 5 heteroatoms. The fraction of sp³-hybridized carbons (Fsp3) is 0.833. The quantitative estimate of drug-likeness (QED) is 0.828. The summed E-state index contributed by atoms with van der Waals surface area (Å²) in [6.07, 6.45) is 5.54. The molecule has 1 spiro atoms. The summed E-state index contributed by atoms with van der Waals surface area (Å²) in [6, 6.07) is 0.591. The molecule has 0 aliphatic heterocycles. The third-order valence-corrected chi connectivity index (χ3v) is 5.50. The van der Waals surface area contributed by atoms with Crippen LogP contribution in [0.25, 0.3) is 0 Å². The molecule has 0 radical (unpaired) electrons. The van der Waals surface area contributed by atoms with E-state index in [2.05, 4.69) is 21.3 Å². The Labute approximate surface area is 106 Å². The molecule has 0 amide bonds. The molecule has 2 fully saturated rings. The van der Waals surface area contributed by atoms with Gasteiger partial charge in [0.2, 0.25) is 5.13 Å². The van der Waals surface area contributed by atoms with Gasteiger partial charge in [-0.2, -0.15) is 4.37 Å². The van der Waals surface area contributed by atoms with Crippen molar-refractivity contribution >= 4 is 16.7 Å². The molecular weight excluding hydrogens is 234 g/mol. The zero-order valence-corrected chi connectivity index (χ0v) is 11.5. The number of aryl methyl sites for hydroxylation is 1. The van der Waals surface area contributed by atoms with E-state index < -0.39 is 0 Å². The highest BCUT2D eigenvalue weighted by atomic mass is 32.1. The van der Waals surface area contributed by atoms with Crippen LogP contribution in [0, 0.1) is 12.3 Å². The van der Waals surface area contributed by atoms with Crippen molar-refractivity contribution in [2.45, 2.75) is 44.8 Å². The summed E-state index contributed by atoms with van der Waals surface area (Å²) in [7, 11) is 3.99. The monoisotopic (exact) mass is 253 g/mol. The number of methoxy groups -OCH3 is 1. The Morgan fingerprint density at radius 2 is 2.24 bits per heavy atom. The first-order valence-electron chi connectivity index (χ1n) is 6.23. The first kappa shape index (κ1) is 11.4. The molecule has 3 rings (SSSR count). The minimum absolute atomic E-state index is 0.406. The van der Waals surface area contributed by atoms with Crippen LogP contribution in [-0.4, -0.2) is 35.7 Å². The smallest absolute Gasteiger partial charge is 0.205 e. The number of anilines is 1. The molecule has 0 aromatic carbocycles. The Hall–Kier alpha value is -0.680. The Balaban J connectivity index is 1.77. The van der Waals surface area contributed by atoms with E-state index in [9.17, 15) is 0 Å². The van der Waals surface area contributed by atoms with Crippen LogP contribution in [0.4, 0.5) is 5.13 Å². The molecule has 1 heterocycles. The van der Waals surface area contributed by atoms with E-state index in [1.165, 1.54) is 30.8 Å². The summed E-state index contributed by atoms with van der Waals surface area (Å²) in [6.45, 7) is 1.95. The van der Waals surface area contributed by atoms with Crippen LogP contribution < -0.4 is 4.90 Å². The number of rotatable bonds is 3. The standard InChI is InChI=1S/C12H19N3OS/c1-8-13-11(17-14-8)15(2)9-7-10(16-3)12(9)5-4-6-12/h9-10H,4-7H2,1-3H3/t9-,10+/m0/s1. The van der Waals surface area contributed by atoms with Gasteiger partial charge in [0.05, 0.1) is 6.10 Å². The molecule has 0 saturated heterocycles. The van der Waals surface area contributed by atoms with Crippen LogP contribution in [0.15, 0.2) is 0 Å². The molecule has 2 aliphatic carbocycles. The van der Waals surface area contributed by atoms with Gasteiger partial charge in [-0.1, -0.05) is 6.42 Å². The van der Waals surface area contributed by atoms with Gasteiger partial charge in [-0.3, -0.25) is 0 Å². The molecule has 1 aromatic heterocycles. The fourth-order valence-electron chi connectivity index (χ4n) is 3.40. The van der Waals surface area contributed by atoms with E-state index in [0.717, 1.165) is 17.4 Å². The molecule has 0 unspecified atom stereocenters. The van der Waals surface area contributed by atoms with Gasteiger partial charge in [0.1, 0.15) is 5.82 Å². The average Bonchev–Trinajstić information content (AvgIpc) is 2.61. The topological polar surface area (TPSA) is 38.2 Å². The van der Waals surface area contributed by atoms with Crippen molar-refractivity contribution in [2.75, 3.05) is 19.1 Å². The zero-order valence-electron chi connectivity index (χ0n) is 10.6. The third kappa shape index (κ3) is 1.52. The van der Waals surface area contributed by atoms with Gasteiger partial charge >= 0.3 is 0 Å². The summed E-state index contributed by atoms with van der Waals surface area (Å²) in [5.74, 6) is 0.877. The lowest BCUT2D eigenvalue weighted by molar-refractivity contribution is -0.152. The van der Waals surface area contributed by atoms with E-state index >= 15 is 0 Å². The Kier molecular flexibility index (Phi) is 2.63. The van der Waals surface area contributed by atoms with E-state index in [1.807, 2.05) is 14.0 Å². The second-order valence-corrected chi connectivity index (χ2v) is 6.03. The number of hydrogen-bond donors (Lipinski definition) is 0. The number of nitrogens with zero attached hydrogens (tertiary/aromatic N) is 3.